The number of benzene rings is 2. The van der Waals surface area contributed by atoms with Crippen LogP contribution in [0.5, 0.6) is 0 Å². The van der Waals surface area contributed by atoms with Crippen LogP contribution in [0.1, 0.15) is 50.2 Å². The number of hydrogen-bond donors (Lipinski definition) is 2. The van der Waals surface area contributed by atoms with Crippen molar-refractivity contribution in [2.75, 3.05) is 13.6 Å². The van der Waals surface area contributed by atoms with Gasteiger partial charge < -0.3 is 23.0 Å². The van der Waals surface area contributed by atoms with Crippen LogP contribution >= 0.6 is 0 Å². The van der Waals surface area contributed by atoms with Crippen molar-refractivity contribution >= 4 is 5.91 Å². The van der Waals surface area contributed by atoms with E-state index in [1.807, 2.05) is 12.4 Å². The number of hydrogen-bond acceptors (Lipinski definition) is 1. The maximum Gasteiger partial charge on any atom is 0.278 e. The molecule has 0 fully saturated rings. The second kappa shape index (κ2) is 12.6. The van der Waals surface area contributed by atoms with Gasteiger partial charge in [0.15, 0.2) is 6.04 Å². The van der Waals surface area contributed by atoms with Crippen molar-refractivity contribution in [1.82, 2.24) is 5.32 Å². The first-order chi connectivity index (χ1) is 13.4. The van der Waals surface area contributed by atoms with E-state index in [0.717, 1.165) is 30.4 Å². The summed E-state index contributed by atoms with van der Waals surface area (Å²) in [4.78, 5) is 12.3. The number of carbonyl (C=O) groups excluding carboxylic acids is 1. The van der Waals surface area contributed by atoms with Crippen LogP contribution in [-0.4, -0.2) is 25.5 Å². The number of rotatable bonds is 10. The van der Waals surface area contributed by atoms with Crippen molar-refractivity contribution in [2.24, 2.45) is 5.92 Å². The molecule has 0 aliphatic rings. The van der Waals surface area contributed by atoms with Crippen molar-refractivity contribution < 1.29 is 31.3 Å². The van der Waals surface area contributed by atoms with Crippen LogP contribution in [0.15, 0.2) is 48.5 Å². The molecule has 0 saturated carbocycles. The van der Waals surface area contributed by atoms with E-state index in [9.17, 15) is 13.6 Å². The lowest BCUT2D eigenvalue weighted by molar-refractivity contribution is -0.651. The molecule has 0 aromatic heterocycles. The number of nitrogens with two attached hydrogens (primary N) is 1. The van der Waals surface area contributed by atoms with Crippen LogP contribution in [0.2, 0.25) is 0 Å². The molecule has 0 unspecified atom stereocenters. The van der Waals surface area contributed by atoms with Crippen molar-refractivity contribution in [2.45, 2.75) is 45.1 Å². The van der Waals surface area contributed by atoms with Crippen LogP contribution in [0, 0.1) is 17.6 Å². The lowest BCUT2D eigenvalue weighted by Gasteiger charge is -2.19. The summed E-state index contributed by atoms with van der Waals surface area (Å²) < 4.78 is 26.6. The Kier molecular flexibility index (Phi) is 10.8. The van der Waals surface area contributed by atoms with E-state index in [1.165, 1.54) is 24.3 Å². The summed E-state index contributed by atoms with van der Waals surface area (Å²) in [7, 11) is 1.92. The molecule has 2 aromatic rings. The van der Waals surface area contributed by atoms with Crippen LogP contribution in [0.4, 0.5) is 8.78 Å². The van der Waals surface area contributed by atoms with Gasteiger partial charge in [0.1, 0.15) is 11.6 Å². The predicted molar refractivity (Wildman–Crippen MR) is 108 cm³/mol. The van der Waals surface area contributed by atoms with Gasteiger partial charge in [-0.25, -0.2) is 8.78 Å². The van der Waals surface area contributed by atoms with Gasteiger partial charge in [-0.3, -0.25) is 4.79 Å². The van der Waals surface area contributed by atoms with Crippen LogP contribution < -0.4 is 23.0 Å². The molecule has 2 rings (SSSR count). The first-order valence-electron chi connectivity index (χ1n) is 9.98. The maximum absolute atomic E-state index is 13.3. The van der Waals surface area contributed by atoms with Gasteiger partial charge in [-0.15, -0.1) is 0 Å². The van der Waals surface area contributed by atoms with E-state index in [-0.39, 0.29) is 41.9 Å². The Morgan fingerprint density at radius 3 is 1.86 bits per heavy atom. The highest BCUT2D eigenvalue weighted by atomic mass is 35.5. The first kappa shape index (κ1) is 25.1. The average Bonchev–Trinajstić information content (AvgIpc) is 2.67. The molecule has 0 heterocycles. The maximum atomic E-state index is 13.3. The summed E-state index contributed by atoms with van der Waals surface area (Å²) in [5.41, 5.74) is 1.97. The molecule has 1 amide bonds. The molecule has 6 heteroatoms. The Morgan fingerprint density at radius 2 is 1.45 bits per heavy atom. The third-order valence-corrected chi connectivity index (χ3v) is 4.98. The van der Waals surface area contributed by atoms with Gasteiger partial charge in [-0.1, -0.05) is 38.1 Å². The largest absolute Gasteiger partial charge is 1.00 e. The molecule has 0 aliphatic heterocycles. The molecular formula is C23H31ClF2N2O. The molecule has 3 nitrogen and oxygen atoms in total. The molecular weight excluding hydrogens is 394 g/mol. The SMILES string of the molecule is C[NH2+][C@@H](CC(C)C)C(=O)NCCCC(c1ccc(F)cc1)c1ccc(F)cc1.[Cl-]. The Labute approximate surface area is 178 Å². The van der Waals surface area contributed by atoms with Gasteiger partial charge in [0.25, 0.3) is 5.91 Å². The normalized spacial score (nSPS) is 12.0. The van der Waals surface area contributed by atoms with Crippen LogP contribution in [0.25, 0.3) is 0 Å². The van der Waals surface area contributed by atoms with Crippen LogP contribution in [0.3, 0.4) is 0 Å². The third-order valence-electron chi connectivity index (χ3n) is 4.98. The number of halogens is 3. The van der Waals surface area contributed by atoms with E-state index < -0.39 is 0 Å². The third kappa shape index (κ3) is 8.11. The number of amides is 1. The highest BCUT2D eigenvalue weighted by Crippen LogP contribution is 2.29. The Hall–Kier alpha value is -1.98. The molecule has 0 saturated heterocycles. The monoisotopic (exact) mass is 424 g/mol. The topological polar surface area (TPSA) is 45.7 Å². The van der Waals surface area contributed by atoms with E-state index in [0.29, 0.717) is 12.5 Å². The molecule has 3 N–H and O–H groups in total. The van der Waals surface area contributed by atoms with Gasteiger partial charge in [-0.05, 0) is 54.2 Å². The lowest BCUT2D eigenvalue weighted by atomic mass is 9.87. The molecule has 160 valence electrons. The fraction of sp³-hybridized carbons (Fsp3) is 0.435. The molecule has 0 bridgehead atoms. The summed E-state index contributed by atoms with van der Waals surface area (Å²) in [6, 6.07) is 12.8. The van der Waals surface area contributed by atoms with E-state index in [2.05, 4.69) is 19.2 Å². The highest BCUT2D eigenvalue weighted by Gasteiger charge is 2.21. The van der Waals surface area contributed by atoms with E-state index in [4.69, 9.17) is 0 Å². The second-order valence-corrected chi connectivity index (χ2v) is 7.66. The van der Waals surface area contributed by atoms with Gasteiger partial charge in [0.05, 0.1) is 7.05 Å². The van der Waals surface area contributed by atoms with Crippen molar-refractivity contribution in [3.63, 3.8) is 0 Å². The summed E-state index contributed by atoms with van der Waals surface area (Å²) in [6.45, 7) is 4.81. The zero-order chi connectivity index (χ0) is 20.5. The molecule has 0 spiro atoms. The number of quaternary nitrogens is 1. The predicted octanol–water partition coefficient (Wildman–Crippen LogP) is 0.605. The van der Waals surface area contributed by atoms with E-state index in [1.54, 1.807) is 24.3 Å². The highest BCUT2D eigenvalue weighted by molar-refractivity contribution is 5.80. The number of nitrogens with one attached hydrogen (secondary N) is 1. The molecule has 29 heavy (non-hydrogen) atoms. The van der Waals surface area contributed by atoms with E-state index >= 15 is 0 Å². The average molecular weight is 425 g/mol. The zero-order valence-corrected chi connectivity index (χ0v) is 18.1. The fourth-order valence-electron chi connectivity index (χ4n) is 3.47. The second-order valence-electron chi connectivity index (χ2n) is 7.66. The summed E-state index contributed by atoms with van der Waals surface area (Å²) >= 11 is 0. The minimum Gasteiger partial charge on any atom is -1.00 e. The smallest absolute Gasteiger partial charge is 0.278 e. The number of carbonyl (C=O) groups is 1. The number of likely N-dealkylation sites (N-methyl/N-ethyl adjacent to an activating group) is 1. The minimum atomic E-state index is -0.277. The molecule has 0 radical (unpaired) electrons. The summed E-state index contributed by atoms with van der Waals surface area (Å²) in [5.74, 6) is 0.00802. The van der Waals surface area contributed by atoms with Gasteiger partial charge in [-0.2, -0.15) is 0 Å². The Balaban J connectivity index is 0.00000420. The zero-order valence-electron chi connectivity index (χ0n) is 17.3. The standard InChI is InChI=1S/C23H30F2N2O.ClH/c1-16(2)15-22(26-3)23(28)27-14-4-5-21(17-6-10-19(24)11-7-17)18-8-12-20(25)13-9-18;/h6-13,16,21-22,26H,4-5,14-15H2,1-3H3,(H,27,28);1H/t22-;/m0./s1. The van der Waals surface area contributed by atoms with Gasteiger partial charge in [0, 0.05) is 18.9 Å². The van der Waals surface area contributed by atoms with Gasteiger partial charge in [0.2, 0.25) is 0 Å². The fourth-order valence-corrected chi connectivity index (χ4v) is 3.47. The Morgan fingerprint density at radius 1 is 0.966 bits per heavy atom. The Bertz CT molecular complexity index is 690. The van der Waals surface area contributed by atoms with Crippen LogP contribution in [-0.2, 0) is 4.79 Å². The van der Waals surface area contributed by atoms with Crippen molar-refractivity contribution in [3.8, 4) is 0 Å². The first-order valence-corrected chi connectivity index (χ1v) is 9.98. The summed E-state index contributed by atoms with van der Waals surface area (Å²) in [5, 5.41) is 4.98. The summed E-state index contributed by atoms with van der Waals surface area (Å²) in [6.07, 6.45) is 2.40. The van der Waals surface area contributed by atoms with Crippen molar-refractivity contribution in [3.05, 3.63) is 71.3 Å². The van der Waals surface area contributed by atoms with Crippen molar-refractivity contribution in [1.29, 1.82) is 0 Å². The molecule has 0 aliphatic carbocycles. The van der Waals surface area contributed by atoms with Gasteiger partial charge >= 0.3 is 0 Å². The lowest BCUT2D eigenvalue weighted by Crippen LogP contribution is -3.00. The minimum absolute atomic E-state index is 0. The molecule has 2 aromatic carbocycles. The molecule has 1 atom stereocenters. The quantitative estimate of drug-likeness (QED) is 0.539.